The number of amides is 1. The third kappa shape index (κ3) is 4.35. The predicted octanol–water partition coefficient (Wildman–Crippen LogP) is 4.94. The Kier molecular flexibility index (Phi) is 5.31. The van der Waals surface area contributed by atoms with E-state index in [1.165, 1.54) is 12.4 Å². The number of nitrogens with zero attached hydrogens (tertiary/aromatic N) is 2. The van der Waals surface area contributed by atoms with Crippen molar-refractivity contribution in [1.29, 1.82) is 0 Å². The molecule has 0 fully saturated rings. The molecule has 0 bridgehead atoms. The minimum atomic E-state index is -0.231. The van der Waals surface area contributed by atoms with Crippen LogP contribution in [0.2, 0.25) is 10.0 Å². The van der Waals surface area contributed by atoms with Crippen LogP contribution in [-0.2, 0) is 0 Å². The molecule has 0 saturated heterocycles. The highest BCUT2D eigenvalue weighted by molar-refractivity contribution is 6.30. The van der Waals surface area contributed by atoms with Crippen molar-refractivity contribution < 1.29 is 4.79 Å². The molecular formula is C19H15Cl2N3O. The van der Waals surface area contributed by atoms with Crippen LogP contribution in [0.25, 0.3) is 11.4 Å². The van der Waals surface area contributed by atoms with Crippen LogP contribution in [0, 0.1) is 0 Å². The van der Waals surface area contributed by atoms with E-state index in [0.717, 1.165) is 11.1 Å². The molecule has 0 aliphatic heterocycles. The molecule has 1 N–H and O–H groups in total. The first-order valence-corrected chi connectivity index (χ1v) is 8.43. The molecule has 25 heavy (non-hydrogen) atoms. The number of benzene rings is 2. The number of nitrogens with one attached hydrogen (secondary N) is 1. The van der Waals surface area contributed by atoms with Crippen LogP contribution in [0.5, 0.6) is 0 Å². The van der Waals surface area contributed by atoms with Gasteiger partial charge in [0.05, 0.1) is 11.6 Å². The molecule has 2 aromatic carbocycles. The van der Waals surface area contributed by atoms with Crippen molar-refractivity contribution in [2.75, 3.05) is 0 Å². The lowest BCUT2D eigenvalue weighted by atomic mass is 10.1. The predicted molar refractivity (Wildman–Crippen MR) is 99.8 cm³/mol. The third-order valence-corrected chi connectivity index (χ3v) is 4.24. The number of rotatable bonds is 4. The van der Waals surface area contributed by atoms with E-state index >= 15 is 0 Å². The van der Waals surface area contributed by atoms with Gasteiger partial charge in [-0.05, 0) is 48.9 Å². The largest absolute Gasteiger partial charge is 0.345 e. The molecule has 0 aliphatic rings. The quantitative estimate of drug-likeness (QED) is 0.706. The van der Waals surface area contributed by atoms with E-state index in [2.05, 4.69) is 15.3 Å². The first kappa shape index (κ1) is 17.4. The summed E-state index contributed by atoms with van der Waals surface area (Å²) in [6.45, 7) is 1.91. The lowest BCUT2D eigenvalue weighted by Crippen LogP contribution is -2.26. The molecule has 0 saturated carbocycles. The van der Waals surface area contributed by atoms with Crippen LogP contribution in [0.3, 0.4) is 0 Å². The van der Waals surface area contributed by atoms with Crippen LogP contribution in [0.1, 0.15) is 28.9 Å². The maximum Gasteiger partial charge on any atom is 0.254 e. The zero-order chi connectivity index (χ0) is 17.8. The molecular weight excluding hydrogens is 357 g/mol. The summed E-state index contributed by atoms with van der Waals surface area (Å²) >= 11 is 11.8. The fraction of sp³-hybridized carbons (Fsp3) is 0.105. The molecule has 1 heterocycles. The number of hydrogen-bond donors (Lipinski definition) is 1. The van der Waals surface area contributed by atoms with Gasteiger partial charge in [0.2, 0.25) is 0 Å². The van der Waals surface area contributed by atoms with Crippen LogP contribution >= 0.6 is 23.2 Å². The Hall–Kier alpha value is -2.43. The average Bonchev–Trinajstić information content (AvgIpc) is 2.63. The zero-order valence-corrected chi connectivity index (χ0v) is 14.9. The van der Waals surface area contributed by atoms with Crippen molar-refractivity contribution >= 4 is 29.1 Å². The maximum atomic E-state index is 12.4. The Balaban J connectivity index is 1.70. The van der Waals surface area contributed by atoms with E-state index in [-0.39, 0.29) is 11.9 Å². The number of carbonyl (C=O) groups is 1. The summed E-state index contributed by atoms with van der Waals surface area (Å²) in [6.07, 6.45) is 3.03. The second-order valence-electron chi connectivity index (χ2n) is 5.55. The number of hydrogen-bond acceptors (Lipinski definition) is 3. The highest BCUT2D eigenvalue weighted by Crippen LogP contribution is 2.19. The van der Waals surface area contributed by atoms with Crippen LogP contribution in [-0.4, -0.2) is 15.9 Å². The van der Waals surface area contributed by atoms with E-state index < -0.39 is 0 Å². The van der Waals surface area contributed by atoms with Gasteiger partial charge in [-0.1, -0.05) is 35.3 Å². The summed E-state index contributed by atoms with van der Waals surface area (Å²) < 4.78 is 0. The fourth-order valence-electron chi connectivity index (χ4n) is 2.31. The van der Waals surface area contributed by atoms with Crippen molar-refractivity contribution in [3.8, 4) is 11.4 Å². The lowest BCUT2D eigenvalue weighted by molar-refractivity contribution is 0.0939. The normalized spacial score (nSPS) is 11.8. The fourth-order valence-corrected chi connectivity index (χ4v) is 2.56. The Morgan fingerprint density at radius 3 is 2.00 bits per heavy atom. The van der Waals surface area contributed by atoms with Gasteiger partial charge in [-0.15, -0.1) is 0 Å². The molecule has 0 spiro atoms. The summed E-state index contributed by atoms with van der Waals surface area (Å²) in [4.78, 5) is 20.9. The summed E-state index contributed by atoms with van der Waals surface area (Å²) in [5, 5.41) is 4.23. The van der Waals surface area contributed by atoms with Gasteiger partial charge in [0.1, 0.15) is 0 Å². The number of halogens is 2. The number of carbonyl (C=O) groups excluding carboxylic acids is 1. The molecule has 3 rings (SSSR count). The van der Waals surface area contributed by atoms with Gasteiger partial charge in [0.25, 0.3) is 5.91 Å². The van der Waals surface area contributed by atoms with Crippen LogP contribution in [0.4, 0.5) is 0 Å². The highest BCUT2D eigenvalue weighted by atomic mass is 35.5. The van der Waals surface area contributed by atoms with Crippen molar-refractivity contribution in [3.05, 3.63) is 82.1 Å². The first-order valence-electron chi connectivity index (χ1n) is 7.67. The molecule has 1 aromatic heterocycles. The van der Waals surface area contributed by atoms with Gasteiger partial charge in [-0.25, -0.2) is 9.97 Å². The Morgan fingerprint density at radius 1 is 0.920 bits per heavy atom. The van der Waals surface area contributed by atoms with Crippen LogP contribution < -0.4 is 5.32 Å². The summed E-state index contributed by atoms with van der Waals surface area (Å²) in [5.41, 5.74) is 2.21. The molecule has 126 valence electrons. The summed E-state index contributed by atoms with van der Waals surface area (Å²) in [7, 11) is 0. The monoisotopic (exact) mass is 371 g/mol. The Morgan fingerprint density at radius 2 is 1.44 bits per heavy atom. The SMILES string of the molecule is C[C@H](NC(=O)c1cnc(-c2ccc(Cl)cc2)nc1)c1ccc(Cl)cc1. The van der Waals surface area contributed by atoms with Crippen molar-refractivity contribution in [3.63, 3.8) is 0 Å². The van der Waals surface area contributed by atoms with E-state index in [4.69, 9.17) is 23.2 Å². The van der Waals surface area contributed by atoms with E-state index in [1.807, 2.05) is 31.2 Å². The Bertz CT molecular complexity index is 863. The van der Waals surface area contributed by atoms with Gasteiger partial charge >= 0.3 is 0 Å². The molecule has 3 aromatic rings. The van der Waals surface area contributed by atoms with Gasteiger partial charge in [-0.2, -0.15) is 0 Å². The lowest BCUT2D eigenvalue weighted by Gasteiger charge is -2.14. The highest BCUT2D eigenvalue weighted by Gasteiger charge is 2.13. The van der Waals surface area contributed by atoms with E-state index in [9.17, 15) is 4.79 Å². The second-order valence-corrected chi connectivity index (χ2v) is 6.42. The summed E-state index contributed by atoms with van der Waals surface area (Å²) in [5.74, 6) is 0.309. The van der Waals surface area contributed by atoms with Gasteiger partial charge < -0.3 is 5.32 Å². The number of aromatic nitrogens is 2. The molecule has 0 unspecified atom stereocenters. The molecule has 6 heteroatoms. The molecule has 0 aliphatic carbocycles. The van der Waals surface area contributed by atoms with Gasteiger partial charge in [0.15, 0.2) is 5.82 Å². The Labute approximate surface area is 155 Å². The topological polar surface area (TPSA) is 54.9 Å². The van der Waals surface area contributed by atoms with E-state index in [1.54, 1.807) is 24.3 Å². The smallest absolute Gasteiger partial charge is 0.254 e. The molecule has 0 radical (unpaired) electrons. The van der Waals surface area contributed by atoms with Crippen molar-refractivity contribution in [2.45, 2.75) is 13.0 Å². The minimum absolute atomic E-state index is 0.152. The standard InChI is InChI=1S/C19H15Cl2N3O/c1-12(13-2-6-16(20)7-3-13)24-19(25)15-10-22-18(23-11-15)14-4-8-17(21)9-5-14/h2-12H,1H3,(H,24,25)/t12-/m0/s1. The minimum Gasteiger partial charge on any atom is -0.345 e. The van der Waals surface area contributed by atoms with Gasteiger partial charge in [0, 0.05) is 28.0 Å². The van der Waals surface area contributed by atoms with E-state index in [0.29, 0.717) is 21.4 Å². The molecule has 1 amide bonds. The van der Waals surface area contributed by atoms with Crippen molar-refractivity contribution in [2.24, 2.45) is 0 Å². The zero-order valence-electron chi connectivity index (χ0n) is 13.4. The molecule has 4 nitrogen and oxygen atoms in total. The third-order valence-electron chi connectivity index (χ3n) is 3.73. The average molecular weight is 372 g/mol. The summed E-state index contributed by atoms with van der Waals surface area (Å²) in [6, 6.07) is 14.4. The first-order chi connectivity index (χ1) is 12.0. The maximum absolute atomic E-state index is 12.4. The molecule has 1 atom stereocenters. The van der Waals surface area contributed by atoms with Crippen LogP contribution in [0.15, 0.2) is 60.9 Å². The van der Waals surface area contributed by atoms with Gasteiger partial charge in [-0.3, -0.25) is 4.79 Å². The second kappa shape index (κ2) is 7.64. The van der Waals surface area contributed by atoms with Crippen molar-refractivity contribution in [1.82, 2.24) is 15.3 Å².